The predicted octanol–water partition coefficient (Wildman–Crippen LogP) is 0.0212. The largest absolute Gasteiger partial charge is 0.481 e. The van der Waals surface area contributed by atoms with Crippen LogP contribution in [0.2, 0.25) is 0 Å². The minimum absolute atomic E-state index is 0.158. The molecule has 13 heavy (non-hydrogen) atoms. The van der Waals surface area contributed by atoms with Crippen LogP contribution in [-0.2, 0) is 14.3 Å². The third-order valence-corrected chi connectivity index (χ3v) is 1.49. The van der Waals surface area contributed by atoms with E-state index in [4.69, 9.17) is 5.11 Å². The Labute approximate surface area is 76.3 Å². The number of methoxy groups -OCH3 is 1. The van der Waals surface area contributed by atoms with E-state index in [1.54, 1.807) is 0 Å². The highest BCUT2D eigenvalue weighted by atomic mass is 16.5. The number of esters is 1. The summed E-state index contributed by atoms with van der Waals surface area (Å²) in [5.41, 5.74) is -1.20. The Balaban J connectivity index is 4.45. The van der Waals surface area contributed by atoms with Crippen LogP contribution in [0, 0.1) is 5.92 Å². The van der Waals surface area contributed by atoms with Crippen LogP contribution in [0.1, 0.15) is 20.3 Å². The topological polar surface area (TPSA) is 83.8 Å². The van der Waals surface area contributed by atoms with Crippen LogP contribution in [0.25, 0.3) is 0 Å². The van der Waals surface area contributed by atoms with Gasteiger partial charge in [0.2, 0.25) is 0 Å². The molecule has 0 saturated carbocycles. The zero-order valence-electron chi connectivity index (χ0n) is 7.90. The van der Waals surface area contributed by atoms with Crippen molar-refractivity contribution in [2.45, 2.75) is 25.9 Å². The van der Waals surface area contributed by atoms with Gasteiger partial charge >= 0.3 is 11.9 Å². The summed E-state index contributed by atoms with van der Waals surface area (Å²) >= 11 is 0. The van der Waals surface area contributed by atoms with Crippen molar-refractivity contribution >= 4 is 11.9 Å². The highest BCUT2D eigenvalue weighted by Crippen LogP contribution is 2.17. The molecule has 0 radical (unpaired) electrons. The Morgan fingerprint density at radius 1 is 1.46 bits per heavy atom. The van der Waals surface area contributed by atoms with Gasteiger partial charge < -0.3 is 14.9 Å². The van der Waals surface area contributed by atoms with Crippen molar-refractivity contribution in [3.05, 3.63) is 0 Å². The summed E-state index contributed by atoms with van der Waals surface area (Å²) in [6.45, 7) is 2.87. The van der Waals surface area contributed by atoms with Gasteiger partial charge in [-0.05, 0) is 20.3 Å². The third-order valence-electron chi connectivity index (χ3n) is 1.49. The van der Waals surface area contributed by atoms with Crippen LogP contribution in [0.15, 0.2) is 0 Å². The van der Waals surface area contributed by atoms with E-state index < -0.39 is 23.5 Å². The van der Waals surface area contributed by atoms with Crippen LogP contribution < -0.4 is 0 Å². The molecule has 0 heterocycles. The number of hydrogen-bond acceptors (Lipinski definition) is 4. The molecule has 5 heteroatoms. The monoisotopic (exact) mass is 190 g/mol. The number of ether oxygens (including phenoxy) is 1. The van der Waals surface area contributed by atoms with Crippen molar-refractivity contribution < 1.29 is 24.5 Å². The number of rotatable bonds is 4. The van der Waals surface area contributed by atoms with E-state index >= 15 is 0 Å². The van der Waals surface area contributed by atoms with Crippen LogP contribution >= 0.6 is 0 Å². The van der Waals surface area contributed by atoms with E-state index in [0.29, 0.717) is 0 Å². The van der Waals surface area contributed by atoms with Gasteiger partial charge in [0, 0.05) is 0 Å². The quantitative estimate of drug-likeness (QED) is 0.482. The average molecular weight is 190 g/mol. The molecular formula is C8H14O5. The Morgan fingerprint density at radius 3 is 2.15 bits per heavy atom. The normalized spacial score (nSPS) is 13.5. The number of aliphatic hydroxyl groups is 1. The maximum atomic E-state index is 10.9. The molecule has 2 N–H and O–H groups in total. The van der Waals surface area contributed by atoms with Crippen molar-refractivity contribution in [2.75, 3.05) is 7.11 Å². The maximum Gasteiger partial charge on any atom is 0.320 e. The molecule has 5 nitrogen and oxygen atoms in total. The maximum absolute atomic E-state index is 10.9. The molecule has 0 aliphatic carbocycles. The number of carboxylic acids is 1. The van der Waals surface area contributed by atoms with Crippen LogP contribution in [0.4, 0.5) is 0 Å². The predicted molar refractivity (Wildman–Crippen MR) is 44.1 cm³/mol. The molecule has 76 valence electrons. The fourth-order valence-corrected chi connectivity index (χ4v) is 0.913. The first-order valence-electron chi connectivity index (χ1n) is 3.81. The summed E-state index contributed by atoms with van der Waals surface area (Å²) in [4.78, 5) is 21.5. The molecule has 0 rings (SSSR count). The molecule has 0 aromatic heterocycles. The first-order chi connectivity index (χ1) is 5.78. The molecule has 0 aromatic carbocycles. The van der Waals surface area contributed by atoms with Gasteiger partial charge in [0.15, 0.2) is 5.92 Å². The van der Waals surface area contributed by atoms with Crippen LogP contribution in [0.3, 0.4) is 0 Å². The van der Waals surface area contributed by atoms with Crippen LogP contribution in [-0.4, -0.2) is 34.9 Å². The van der Waals surface area contributed by atoms with Gasteiger partial charge in [0.05, 0.1) is 12.7 Å². The minimum atomic E-state index is -1.30. The van der Waals surface area contributed by atoms with E-state index in [9.17, 15) is 14.7 Å². The number of hydrogen-bond donors (Lipinski definition) is 2. The molecule has 0 fully saturated rings. The van der Waals surface area contributed by atoms with E-state index in [1.165, 1.54) is 13.8 Å². The highest BCUT2D eigenvalue weighted by Gasteiger charge is 2.32. The molecule has 1 atom stereocenters. The second-order valence-corrected chi connectivity index (χ2v) is 3.43. The SMILES string of the molecule is COC(=O)C(CC(C)(C)O)C(=O)O. The summed E-state index contributed by atoms with van der Waals surface area (Å²) in [7, 11) is 1.11. The zero-order valence-corrected chi connectivity index (χ0v) is 7.90. The summed E-state index contributed by atoms with van der Waals surface area (Å²) in [6, 6.07) is 0. The molecule has 0 aliphatic heterocycles. The van der Waals surface area contributed by atoms with Gasteiger partial charge in [-0.1, -0.05) is 0 Å². The van der Waals surface area contributed by atoms with E-state index in [-0.39, 0.29) is 6.42 Å². The molecule has 0 amide bonds. The molecule has 0 saturated heterocycles. The highest BCUT2D eigenvalue weighted by molar-refractivity contribution is 5.93. The molecule has 0 aliphatic rings. The summed E-state index contributed by atoms with van der Waals surface area (Å²) in [5.74, 6) is -3.42. The van der Waals surface area contributed by atoms with Gasteiger partial charge in [0.1, 0.15) is 0 Å². The van der Waals surface area contributed by atoms with Crippen molar-refractivity contribution in [3.63, 3.8) is 0 Å². The molecular weight excluding hydrogens is 176 g/mol. The van der Waals surface area contributed by atoms with Gasteiger partial charge in [-0.25, -0.2) is 0 Å². The third kappa shape index (κ3) is 4.47. The Morgan fingerprint density at radius 2 is 1.92 bits per heavy atom. The lowest BCUT2D eigenvalue weighted by Crippen LogP contribution is -2.33. The minimum Gasteiger partial charge on any atom is -0.481 e. The summed E-state index contributed by atoms with van der Waals surface area (Å²) < 4.78 is 4.29. The van der Waals surface area contributed by atoms with E-state index in [2.05, 4.69) is 4.74 Å². The standard InChI is InChI=1S/C8H14O5/c1-8(2,12)4-5(6(9)10)7(11)13-3/h5,12H,4H2,1-3H3,(H,9,10). The fraction of sp³-hybridized carbons (Fsp3) is 0.750. The van der Waals surface area contributed by atoms with Crippen molar-refractivity contribution in [3.8, 4) is 0 Å². The summed E-state index contributed by atoms with van der Waals surface area (Å²) in [6.07, 6.45) is -0.158. The zero-order chi connectivity index (χ0) is 10.6. The van der Waals surface area contributed by atoms with Crippen LogP contribution in [0.5, 0.6) is 0 Å². The van der Waals surface area contributed by atoms with E-state index in [1.807, 2.05) is 0 Å². The molecule has 0 bridgehead atoms. The van der Waals surface area contributed by atoms with E-state index in [0.717, 1.165) is 7.11 Å². The summed E-state index contributed by atoms with van der Waals surface area (Å²) in [5, 5.41) is 17.9. The smallest absolute Gasteiger partial charge is 0.320 e. The van der Waals surface area contributed by atoms with Gasteiger partial charge in [-0.3, -0.25) is 9.59 Å². The fourth-order valence-electron chi connectivity index (χ4n) is 0.913. The lowest BCUT2D eigenvalue weighted by Gasteiger charge is -2.20. The Hall–Kier alpha value is -1.10. The lowest BCUT2D eigenvalue weighted by molar-refractivity contribution is -0.159. The van der Waals surface area contributed by atoms with Gasteiger partial charge in [-0.15, -0.1) is 0 Å². The average Bonchev–Trinajstić information content (AvgIpc) is 1.96. The Kier molecular flexibility index (Phi) is 3.87. The number of carboxylic acid groups (broad SMARTS) is 1. The van der Waals surface area contributed by atoms with Crippen molar-refractivity contribution in [1.29, 1.82) is 0 Å². The van der Waals surface area contributed by atoms with Gasteiger partial charge in [-0.2, -0.15) is 0 Å². The Bertz CT molecular complexity index is 203. The first kappa shape index (κ1) is 11.9. The number of carbonyl (C=O) groups excluding carboxylic acids is 1. The lowest BCUT2D eigenvalue weighted by atomic mass is 9.94. The van der Waals surface area contributed by atoms with Gasteiger partial charge in [0.25, 0.3) is 0 Å². The molecule has 1 unspecified atom stereocenters. The molecule has 0 spiro atoms. The van der Waals surface area contributed by atoms with Crippen molar-refractivity contribution in [1.82, 2.24) is 0 Å². The number of aliphatic carboxylic acids is 1. The molecule has 0 aromatic rings. The first-order valence-corrected chi connectivity index (χ1v) is 3.81. The van der Waals surface area contributed by atoms with Crippen molar-refractivity contribution in [2.24, 2.45) is 5.92 Å². The number of carbonyl (C=O) groups is 2. The second-order valence-electron chi connectivity index (χ2n) is 3.43. The second kappa shape index (κ2) is 4.23.